The Morgan fingerprint density at radius 1 is 1.69 bits per heavy atom. The van der Waals surface area contributed by atoms with Crippen LogP contribution in [-0.2, 0) is 10.3 Å². The number of hydrogen-bond acceptors (Lipinski definition) is 4. The van der Waals surface area contributed by atoms with Crippen LogP contribution in [0.15, 0.2) is 12.1 Å². The highest BCUT2D eigenvalue weighted by molar-refractivity contribution is 5.70. The van der Waals surface area contributed by atoms with Crippen molar-refractivity contribution in [2.45, 2.75) is 18.9 Å². The maximum absolute atomic E-state index is 13.1. The Balaban J connectivity index is 2.46. The van der Waals surface area contributed by atoms with Gasteiger partial charge in [-0.25, -0.2) is 4.39 Å². The van der Waals surface area contributed by atoms with E-state index in [0.717, 1.165) is 6.07 Å². The van der Waals surface area contributed by atoms with Crippen molar-refractivity contribution in [3.8, 4) is 5.75 Å². The van der Waals surface area contributed by atoms with Crippen molar-refractivity contribution in [2.75, 3.05) is 5.73 Å². The number of nitrogens with two attached hydrogens (primary N) is 1. The fourth-order valence-electron chi connectivity index (χ4n) is 1.74. The summed E-state index contributed by atoms with van der Waals surface area (Å²) in [6.07, 6.45) is -0.176. The standard InChI is InChI=1S/C10H11FN2O3/c1-10(4-9(14)15)5-2-7(12)6(11)3-8(5)16-13-10/h2-3,13H,4,12H2,1H3,(H,14,15). The van der Waals surface area contributed by atoms with Crippen LogP contribution in [0, 0.1) is 5.82 Å². The first-order valence-corrected chi connectivity index (χ1v) is 4.68. The molecule has 16 heavy (non-hydrogen) atoms. The Hall–Kier alpha value is -1.82. The van der Waals surface area contributed by atoms with E-state index in [0.29, 0.717) is 5.56 Å². The van der Waals surface area contributed by atoms with Crippen molar-refractivity contribution >= 4 is 11.7 Å². The molecule has 0 radical (unpaired) electrons. The fraction of sp³-hybridized carbons (Fsp3) is 0.300. The largest absolute Gasteiger partial charge is 0.481 e. The number of rotatable bonds is 2. The van der Waals surface area contributed by atoms with Gasteiger partial charge in [-0.3, -0.25) is 4.79 Å². The number of nitrogen functional groups attached to an aromatic ring is 1. The second kappa shape index (κ2) is 3.34. The lowest BCUT2D eigenvalue weighted by molar-refractivity contribution is -0.139. The molecule has 0 spiro atoms. The second-order valence-electron chi connectivity index (χ2n) is 3.98. The van der Waals surface area contributed by atoms with Crippen LogP contribution in [0.25, 0.3) is 0 Å². The number of hydrogen-bond donors (Lipinski definition) is 3. The molecular formula is C10H11FN2O3. The van der Waals surface area contributed by atoms with E-state index in [1.165, 1.54) is 6.07 Å². The summed E-state index contributed by atoms with van der Waals surface area (Å²) in [6, 6.07) is 2.54. The zero-order valence-corrected chi connectivity index (χ0v) is 8.58. The van der Waals surface area contributed by atoms with Gasteiger partial charge in [-0.2, -0.15) is 0 Å². The van der Waals surface area contributed by atoms with Crippen LogP contribution in [0.2, 0.25) is 0 Å². The molecule has 1 aromatic rings. The molecule has 1 heterocycles. The molecule has 1 aromatic carbocycles. The number of benzene rings is 1. The quantitative estimate of drug-likeness (QED) is 0.655. The first-order chi connectivity index (χ1) is 7.42. The van der Waals surface area contributed by atoms with E-state index in [1.54, 1.807) is 6.92 Å². The van der Waals surface area contributed by atoms with E-state index in [4.69, 9.17) is 15.7 Å². The smallest absolute Gasteiger partial charge is 0.305 e. The van der Waals surface area contributed by atoms with Gasteiger partial charge < -0.3 is 15.7 Å². The number of hydroxylamine groups is 1. The Morgan fingerprint density at radius 3 is 3.00 bits per heavy atom. The average molecular weight is 226 g/mol. The minimum atomic E-state index is -0.977. The lowest BCUT2D eigenvalue weighted by atomic mass is 9.89. The molecule has 0 bridgehead atoms. The summed E-state index contributed by atoms with van der Waals surface area (Å²) < 4.78 is 13.1. The summed E-state index contributed by atoms with van der Waals surface area (Å²) in [5.74, 6) is -1.29. The number of carboxylic acids is 1. The zero-order chi connectivity index (χ0) is 11.9. The molecule has 1 unspecified atom stereocenters. The van der Waals surface area contributed by atoms with E-state index < -0.39 is 17.3 Å². The molecule has 2 rings (SSSR count). The fourth-order valence-corrected chi connectivity index (χ4v) is 1.74. The second-order valence-corrected chi connectivity index (χ2v) is 3.98. The minimum absolute atomic E-state index is 0.0253. The van der Waals surface area contributed by atoms with Crippen molar-refractivity contribution in [1.82, 2.24) is 5.48 Å². The van der Waals surface area contributed by atoms with Crippen LogP contribution in [0.1, 0.15) is 18.9 Å². The third kappa shape index (κ3) is 1.57. The number of carboxylic acid groups (broad SMARTS) is 1. The van der Waals surface area contributed by atoms with E-state index >= 15 is 0 Å². The van der Waals surface area contributed by atoms with Gasteiger partial charge >= 0.3 is 5.97 Å². The monoisotopic (exact) mass is 226 g/mol. The van der Waals surface area contributed by atoms with Crippen molar-refractivity contribution in [2.24, 2.45) is 0 Å². The average Bonchev–Trinajstić information content (AvgIpc) is 2.45. The zero-order valence-electron chi connectivity index (χ0n) is 8.58. The molecule has 1 atom stereocenters. The van der Waals surface area contributed by atoms with Crippen molar-refractivity contribution in [3.05, 3.63) is 23.5 Å². The van der Waals surface area contributed by atoms with Gasteiger partial charge in [0.15, 0.2) is 5.75 Å². The van der Waals surface area contributed by atoms with Gasteiger partial charge in [0.1, 0.15) is 5.82 Å². The molecule has 6 heteroatoms. The number of nitrogens with one attached hydrogen (secondary N) is 1. The van der Waals surface area contributed by atoms with E-state index in [2.05, 4.69) is 5.48 Å². The molecular weight excluding hydrogens is 215 g/mol. The van der Waals surface area contributed by atoms with E-state index in [1.807, 2.05) is 0 Å². The van der Waals surface area contributed by atoms with Gasteiger partial charge in [-0.15, -0.1) is 5.48 Å². The third-order valence-corrected chi connectivity index (χ3v) is 2.58. The van der Waals surface area contributed by atoms with E-state index in [-0.39, 0.29) is 17.9 Å². The topological polar surface area (TPSA) is 84.6 Å². The van der Waals surface area contributed by atoms with Crippen LogP contribution in [-0.4, -0.2) is 11.1 Å². The number of halogens is 1. The number of fused-ring (bicyclic) bond motifs is 1. The SMILES string of the molecule is CC1(CC(=O)O)NOc2cc(F)c(N)cc21. The summed E-state index contributed by atoms with van der Waals surface area (Å²) in [6.45, 7) is 1.66. The van der Waals surface area contributed by atoms with Gasteiger partial charge in [-0.1, -0.05) is 0 Å². The van der Waals surface area contributed by atoms with Crippen LogP contribution in [0.4, 0.5) is 10.1 Å². The Kier molecular flexibility index (Phi) is 2.23. The van der Waals surface area contributed by atoms with Gasteiger partial charge in [0.05, 0.1) is 17.6 Å². The molecule has 0 amide bonds. The highest BCUT2D eigenvalue weighted by Crippen LogP contribution is 2.39. The predicted octanol–water partition coefficient (Wildman–Crippen LogP) is 0.995. The molecule has 0 saturated carbocycles. The normalized spacial score (nSPS) is 22.6. The van der Waals surface area contributed by atoms with E-state index in [9.17, 15) is 9.18 Å². The lowest BCUT2D eigenvalue weighted by Crippen LogP contribution is -2.37. The Labute approximate surface area is 91.0 Å². The summed E-state index contributed by atoms with van der Waals surface area (Å²) in [4.78, 5) is 15.8. The maximum Gasteiger partial charge on any atom is 0.305 e. The highest BCUT2D eigenvalue weighted by atomic mass is 19.1. The molecule has 5 nitrogen and oxygen atoms in total. The summed E-state index contributed by atoms with van der Waals surface area (Å²) >= 11 is 0. The first-order valence-electron chi connectivity index (χ1n) is 4.68. The number of anilines is 1. The minimum Gasteiger partial charge on any atom is -0.481 e. The van der Waals surface area contributed by atoms with Gasteiger partial charge in [-0.05, 0) is 13.0 Å². The Morgan fingerprint density at radius 2 is 2.38 bits per heavy atom. The van der Waals surface area contributed by atoms with Crippen LogP contribution >= 0.6 is 0 Å². The molecule has 0 fully saturated rings. The molecule has 0 aromatic heterocycles. The lowest BCUT2D eigenvalue weighted by Gasteiger charge is -2.20. The first kappa shape index (κ1) is 10.7. The van der Waals surface area contributed by atoms with Gasteiger partial charge in [0.2, 0.25) is 0 Å². The summed E-state index contributed by atoms with van der Waals surface area (Å²) in [5, 5.41) is 8.79. The molecule has 0 aliphatic carbocycles. The van der Waals surface area contributed by atoms with Gasteiger partial charge in [0, 0.05) is 11.6 Å². The van der Waals surface area contributed by atoms with Gasteiger partial charge in [0.25, 0.3) is 0 Å². The van der Waals surface area contributed by atoms with Crippen molar-refractivity contribution in [3.63, 3.8) is 0 Å². The molecule has 0 saturated heterocycles. The molecule has 1 aliphatic heterocycles. The predicted molar refractivity (Wildman–Crippen MR) is 54.2 cm³/mol. The number of carbonyl (C=O) groups is 1. The van der Waals surface area contributed by atoms with Crippen LogP contribution in [0.5, 0.6) is 5.75 Å². The summed E-state index contributed by atoms with van der Waals surface area (Å²) in [7, 11) is 0. The Bertz CT molecular complexity index is 464. The molecule has 86 valence electrons. The third-order valence-electron chi connectivity index (χ3n) is 2.58. The van der Waals surface area contributed by atoms with Crippen molar-refractivity contribution < 1.29 is 19.1 Å². The molecule has 1 aliphatic rings. The van der Waals surface area contributed by atoms with Crippen LogP contribution < -0.4 is 16.1 Å². The summed E-state index contributed by atoms with van der Waals surface area (Å²) in [5.41, 5.74) is 7.66. The highest BCUT2D eigenvalue weighted by Gasteiger charge is 2.39. The van der Waals surface area contributed by atoms with Crippen molar-refractivity contribution in [1.29, 1.82) is 0 Å². The van der Waals surface area contributed by atoms with Crippen LogP contribution in [0.3, 0.4) is 0 Å². The number of aliphatic carboxylic acids is 1. The maximum atomic E-state index is 13.1. The molecule has 4 N–H and O–H groups in total.